The normalized spacial score (nSPS) is 10.3. The number of aryl methyl sites for hydroxylation is 3. The van der Waals surface area contributed by atoms with Crippen molar-refractivity contribution in [3.05, 3.63) is 64.5 Å². The van der Waals surface area contributed by atoms with Gasteiger partial charge in [0.1, 0.15) is 0 Å². The van der Waals surface area contributed by atoms with Crippen molar-refractivity contribution in [1.29, 1.82) is 0 Å². The number of hydrogen-bond donors (Lipinski definition) is 0. The lowest BCUT2D eigenvalue weighted by atomic mass is 9.98. The van der Waals surface area contributed by atoms with Crippen LogP contribution in [0, 0.1) is 20.8 Å². The van der Waals surface area contributed by atoms with Gasteiger partial charge in [0.15, 0.2) is 5.78 Å². The molecule has 0 saturated heterocycles. The summed E-state index contributed by atoms with van der Waals surface area (Å²) in [6.07, 6.45) is 3.37. The Balaban J connectivity index is 2.44. The van der Waals surface area contributed by atoms with Crippen LogP contribution in [0.3, 0.4) is 0 Å². The van der Waals surface area contributed by atoms with E-state index < -0.39 is 0 Å². The van der Waals surface area contributed by atoms with Crippen LogP contribution in [0.1, 0.15) is 32.6 Å². The number of hydrogen-bond acceptors (Lipinski definition) is 2. The molecule has 2 nitrogen and oxygen atoms in total. The Labute approximate surface area is 101 Å². The fraction of sp³-hybridized carbons (Fsp3) is 0.200. The molecule has 17 heavy (non-hydrogen) atoms. The summed E-state index contributed by atoms with van der Waals surface area (Å²) in [7, 11) is 0. The fourth-order valence-corrected chi connectivity index (χ4v) is 1.90. The quantitative estimate of drug-likeness (QED) is 0.734. The molecule has 2 aromatic rings. The Morgan fingerprint density at radius 2 is 1.76 bits per heavy atom. The summed E-state index contributed by atoms with van der Waals surface area (Å²) in [6, 6.07) is 7.74. The highest BCUT2D eigenvalue weighted by Gasteiger charge is 2.11. The predicted octanol–water partition coefficient (Wildman–Crippen LogP) is 3.24. The average molecular weight is 225 g/mol. The maximum Gasteiger partial charge on any atom is 0.194 e. The van der Waals surface area contributed by atoms with Gasteiger partial charge in [0.25, 0.3) is 0 Å². The minimum Gasteiger partial charge on any atom is -0.289 e. The Bertz CT molecular complexity index is 573. The number of benzene rings is 1. The first kappa shape index (κ1) is 11.5. The third kappa shape index (κ3) is 2.41. The van der Waals surface area contributed by atoms with Crippen LogP contribution in [0.5, 0.6) is 0 Å². The summed E-state index contributed by atoms with van der Waals surface area (Å²) in [4.78, 5) is 16.3. The second-order valence-corrected chi connectivity index (χ2v) is 4.40. The van der Waals surface area contributed by atoms with Gasteiger partial charge in [0.05, 0.1) is 0 Å². The van der Waals surface area contributed by atoms with Crippen LogP contribution < -0.4 is 0 Å². The number of rotatable bonds is 2. The molecule has 0 aliphatic heterocycles. The van der Waals surface area contributed by atoms with E-state index >= 15 is 0 Å². The third-order valence-electron chi connectivity index (χ3n) is 2.76. The Morgan fingerprint density at radius 3 is 2.41 bits per heavy atom. The van der Waals surface area contributed by atoms with Gasteiger partial charge < -0.3 is 0 Å². The molecule has 0 aliphatic rings. The molecule has 0 atom stereocenters. The van der Waals surface area contributed by atoms with Crippen LogP contribution in [-0.4, -0.2) is 10.8 Å². The molecule has 0 N–H and O–H groups in total. The number of pyridine rings is 1. The van der Waals surface area contributed by atoms with Gasteiger partial charge in [0.2, 0.25) is 0 Å². The minimum absolute atomic E-state index is 0.0405. The van der Waals surface area contributed by atoms with E-state index in [4.69, 9.17) is 0 Å². The van der Waals surface area contributed by atoms with E-state index in [9.17, 15) is 4.79 Å². The molecule has 0 unspecified atom stereocenters. The number of nitrogens with zero attached hydrogens (tertiary/aromatic N) is 1. The summed E-state index contributed by atoms with van der Waals surface area (Å²) in [5, 5.41) is 0. The first-order valence-corrected chi connectivity index (χ1v) is 5.61. The summed E-state index contributed by atoms with van der Waals surface area (Å²) in [6.45, 7) is 5.92. The van der Waals surface area contributed by atoms with Crippen molar-refractivity contribution in [3.8, 4) is 0 Å². The molecule has 0 radical (unpaired) electrons. The van der Waals surface area contributed by atoms with Gasteiger partial charge in [-0.1, -0.05) is 23.8 Å². The molecule has 1 heterocycles. The molecular weight excluding hydrogens is 210 g/mol. The van der Waals surface area contributed by atoms with Gasteiger partial charge in [-0.25, -0.2) is 0 Å². The smallest absolute Gasteiger partial charge is 0.194 e. The van der Waals surface area contributed by atoms with Crippen molar-refractivity contribution in [2.45, 2.75) is 20.8 Å². The van der Waals surface area contributed by atoms with Crippen LogP contribution in [0.4, 0.5) is 0 Å². The number of ketones is 1. The molecule has 0 spiro atoms. The van der Waals surface area contributed by atoms with Crippen molar-refractivity contribution in [3.63, 3.8) is 0 Å². The Morgan fingerprint density at radius 1 is 1.00 bits per heavy atom. The number of carbonyl (C=O) groups is 1. The van der Waals surface area contributed by atoms with Gasteiger partial charge in [-0.15, -0.1) is 0 Å². The van der Waals surface area contributed by atoms with Crippen molar-refractivity contribution in [2.24, 2.45) is 0 Å². The number of aromatic nitrogens is 1. The highest BCUT2D eigenvalue weighted by atomic mass is 16.1. The summed E-state index contributed by atoms with van der Waals surface area (Å²) < 4.78 is 0. The van der Waals surface area contributed by atoms with Crippen molar-refractivity contribution in [1.82, 2.24) is 4.98 Å². The van der Waals surface area contributed by atoms with Crippen molar-refractivity contribution < 1.29 is 4.79 Å². The molecule has 1 aromatic heterocycles. The SMILES string of the molecule is Cc1cncc(C(=O)c2ccc(C)cc2C)c1. The zero-order valence-electron chi connectivity index (χ0n) is 10.3. The average Bonchev–Trinajstić information content (AvgIpc) is 2.28. The molecular formula is C15H15NO. The predicted molar refractivity (Wildman–Crippen MR) is 68.3 cm³/mol. The molecule has 2 heteroatoms. The Kier molecular flexibility index (Phi) is 3.05. The highest BCUT2D eigenvalue weighted by Crippen LogP contribution is 2.15. The second-order valence-electron chi connectivity index (χ2n) is 4.40. The van der Waals surface area contributed by atoms with Gasteiger partial charge in [0, 0.05) is 23.5 Å². The lowest BCUT2D eigenvalue weighted by Crippen LogP contribution is -2.04. The van der Waals surface area contributed by atoms with Gasteiger partial charge >= 0.3 is 0 Å². The lowest BCUT2D eigenvalue weighted by Gasteiger charge is -2.06. The Hall–Kier alpha value is -1.96. The van der Waals surface area contributed by atoms with E-state index in [-0.39, 0.29) is 5.78 Å². The van der Waals surface area contributed by atoms with Gasteiger partial charge in [-0.2, -0.15) is 0 Å². The minimum atomic E-state index is 0.0405. The monoisotopic (exact) mass is 225 g/mol. The summed E-state index contributed by atoms with van der Waals surface area (Å²) >= 11 is 0. The zero-order chi connectivity index (χ0) is 12.4. The molecule has 86 valence electrons. The number of carbonyl (C=O) groups excluding carboxylic acids is 1. The van der Waals surface area contributed by atoms with E-state index in [1.807, 2.05) is 45.0 Å². The largest absolute Gasteiger partial charge is 0.289 e. The van der Waals surface area contributed by atoms with Crippen LogP contribution in [0.2, 0.25) is 0 Å². The molecule has 2 rings (SSSR count). The van der Waals surface area contributed by atoms with E-state index in [1.54, 1.807) is 12.4 Å². The molecule has 1 aromatic carbocycles. The summed E-state index contributed by atoms with van der Waals surface area (Å²) in [5.41, 5.74) is 4.58. The van der Waals surface area contributed by atoms with E-state index in [0.717, 1.165) is 16.7 Å². The van der Waals surface area contributed by atoms with Crippen LogP contribution in [0.25, 0.3) is 0 Å². The fourth-order valence-electron chi connectivity index (χ4n) is 1.90. The van der Waals surface area contributed by atoms with Crippen LogP contribution in [0.15, 0.2) is 36.7 Å². The third-order valence-corrected chi connectivity index (χ3v) is 2.76. The molecule has 0 saturated carbocycles. The maximum absolute atomic E-state index is 12.3. The molecule has 0 amide bonds. The molecule has 0 bridgehead atoms. The van der Waals surface area contributed by atoms with Crippen molar-refractivity contribution >= 4 is 5.78 Å². The molecule has 0 aliphatic carbocycles. The topological polar surface area (TPSA) is 30.0 Å². The van der Waals surface area contributed by atoms with Crippen LogP contribution >= 0.6 is 0 Å². The van der Waals surface area contributed by atoms with E-state index in [0.29, 0.717) is 5.56 Å². The van der Waals surface area contributed by atoms with E-state index in [1.165, 1.54) is 5.56 Å². The van der Waals surface area contributed by atoms with Gasteiger partial charge in [-0.05, 0) is 38.0 Å². The molecule has 0 fully saturated rings. The first-order valence-electron chi connectivity index (χ1n) is 5.61. The van der Waals surface area contributed by atoms with Gasteiger partial charge in [-0.3, -0.25) is 9.78 Å². The van der Waals surface area contributed by atoms with Crippen molar-refractivity contribution in [2.75, 3.05) is 0 Å². The zero-order valence-corrected chi connectivity index (χ0v) is 10.3. The first-order chi connectivity index (χ1) is 8.08. The second kappa shape index (κ2) is 4.50. The summed E-state index contributed by atoms with van der Waals surface area (Å²) in [5.74, 6) is 0.0405. The highest BCUT2D eigenvalue weighted by molar-refractivity contribution is 6.09. The standard InChI is InChI=1S/C15H15NO/c1-10-4-5-14(12(3)6-10)15(17)13-7-11(2)8-16-9-13/h4-9H,1-3H3. The lowest BCUT2D eigenvalue weighted by molar-refractivity contribution is 0.103. The van der Waals surface area contributed by atoms with E-state index in [2.05, 4.69) is 4.98 Å². The maximum atomic E-state index is 12.3. The van der Waals surface area contributed by atoms with Crippen LogP contribution in [-0.2, 0) is 0 Å².